The predicted octanol–water partition coefficient (Wildman–Crippen LogP) is 7.97. The first-order valence-corrected chi connectivity index (χ1v) is 16.1. The van der Waals surface area contributed by atoms with Gasteiger partial charge in [0.15, 0.2) is 15.9 Å². The van der Waals surface area contributed by atoms with Crippen molar-refractivity contribution in [3.05, 3.63) is 119 Å². The molecule has 0 saturated heterocycles. The lowest BCUT2D eigenvalue weighted by molar-refractivity contribution is -0.117. The maximum Gasteiger partial charge on any atom is 0.296 e. The highest BCUT2D eigenvalue weighted by molar-refractivity contribution is 8.00. The molecule has 0 fully saturated rings. The van der Waals surface area contributed by atoms with Crippen molar-refractivity contribution in [3.63, 3.8) is 0 Å². The first kappa shape index (κ1) is 30.3. The number of rotatable bonds is 14. The van der Waals surface area contributed by atoms with Gasteiger partial charge in [0.05, 0.1) is 18.2 Å². The van der Waals surface area contributed by atoms with E-state index in [1.54, 1.807) is 6.08 Å². The lowest BCUT2D eigenvalue weighted by Gasteiger charge is -2.24. The van der Waals surface area contributed by atoms with E-state index >= 15 is 0 Å². The molecule has 3 aromatic carbocycles. The van der Waals surface area contributed by atoms with Crippen LogP contribution in [-0.2, 0) is 15.3 Å². The molecule has 1 aromatic heterocycles. The van der Waals surface area contributed by atoms with Crippen molar-refractivity contribution in [1.29, 1.82) is 0 Å². The monoisotopic (exact) mass is 611 g/mol. The molecule has 43 heavy (non-hydrogen) atoms. The minimum Gasteiger partial charge on any atom is -0.503 e. The number of amides is 1. The Morgan fingerprint density at radius 2 is 1.70 bits per heavy atom. The Balaban J connectivity index is 1.41. The largest absolute Gasteiger partial charge is 0.503 e. The maximum absolute atomic E-state index is 13.5. The molecule has 1 aliphatic heterocycles. The number of aliphatic hydroxyl groups is 1. The van der Waals surface area contributed by atoms with Crippen LogP contribution in [0.4, 0.5) is 5.13 Å². The number of ketones is 1. The van der Waals surface area contributed by atoms with Crippen LogP contribution in [0.1, 0.15) is 55.3 Å². The van der Waals surface area contributed by atoms with Crippen LogP contribution < -0.4 is 9.64 Å². The van der Waals surface area contributed by atoms with Crippen LogP contribution in [0.3, 0.4) is 0 Å². The van der Waals surface area contributed by atoms with Crippen LogP contribution >= 0.6 is 23.1 Å². The van der Waals surface area contributed by atoms with Crippen molar-refractivity contribution in [3.8, 4) is 5.75 Å². The number of benzene rings is 3. The Kier molecular flexibility index (Phi) is 10.4. The summed E-state index contributed by atoms with van der Waals surface area (Å²) in [6.45, 7) is 2.79. The zero-order valence-corrected chi connectivity index (χ0v) is 25.5. The van der Waals surface area contributed by atoms with E-state index in [0.29, 0.717) is 33.1 Å². The average molecular weight is 612 g/mol. The second kappa shape index (κ2) is 14.8. The quantitative estimate of drug-likeness (QED) is 0.0669. The predicted molar refractivity (Wildman–Crippen MR) is 172 cm³/mol. The molecule has 1 N–H and O–H groups in total. The molecule has 1 aliphatic rings. The molecule has 4 aromatic rings. The number of nitrogens with zero attached hydrogens (tertiary/aromatic N) is 3. The summed E-state index contributed by atoms with van der Waals surface area (Å²) in [5.74, 6) is -0.325. The summed E-state index contributed by atoms with van der Waals surface area (Å²) < 4.78 is 6.59. The van der Waals surface area contributed by atoms with E-state index in [0.717, 1.165) is 30.4 Å². The van der Waals surface area contributed by atoms with Crippen LogP contribution in [0.15, 0.2) is 107 Å². The molecule has 9 heteroatoms. The molecule has 0 aliphatic carbocycles. The zero-order chi connectivity index (χ0) is 30.0. The van der Waals surface area contributed by atoms with Gasteiger partial charge < -0.3 is 9.84 Å². The Bertz CT molecular complexity index is 1580. The molecule has 0 saturated carbocycles. The van der Waals surface area contributed by atoms with Gasteiger partial charge >= 0.3 is 0 Å². The number of aliphatic hydroxyl groups excluding tert-OH is 1. The third-order valence-electron chi connectivity index (χ3n) is 6.97. The number of thioether (sulfide) groups is 1. The number of hydrogen-bond acceptors (Lipinski definition) is 8. The molecule has 0 radical (unpaired) electrons. The van der Waals surface area contributed by atoms with E-state index in [9.17, 15) is 14.7 Å². The Morgan fingerprint density at radius 1 is 0.977 bits per heavy atom. The first-order chi connectivity index (χ1) is 21.0. The summed E-state index contributed by atoms with van der Waals surface area (Å²) in [5, 5.41) is 20.0. The SMILES string of the molecule is CCCCCCOc1ccc(C2C(C(=O)C=Cc3ccccc3)=C(O)C(=O)N2c2nnc(SCc3ccccc3)s2)cc1. The number of allylic oxidation sites excluding steroid dienone is 1. The highest BCUT2D eigenvalue weighted by Crippen LogP contribution is 2.43. The highest BCUT2D eigenvalue weighted by Gasteiger charge is 2.45. The fraction of sp³-hybridized carbons (Fsp3) is 0.235. The van der Waals surface area contributed by atoms with Crippen LogP contribution in [0.5, 0.6) is 5.75 Å². The highest BCUT2D eigenvalue weighted by atomic mass is 32.2. The van der Waals surface area contributed by atoms with Crippen LogP contribution in [-0.4, -0.2) is 33.6 Å². The van der Waals surface area contributed by atoms with Gasteiger partial charge in [0.25, 0.3) is 5.91 Å². The van der Waals surface area contributed by atoms with Gasteiger partial charge in [0.1, 0.15) is 5.75 Å². The Labute approximate surface area is 259 Å². The van der Waals surface area contributed by atoms with Crippen LogP contribution in [0, 0.1) is 0 Å². The summed E-state index contributed by atoms with van der Waals surface area (Å²) in [4.78, 5) is 28.4. The van der Waals surface area contributed by atoms with Gasteiger partial charge in [0.2, 0.25) is 5.13 Å². The average Bonchev–Trinajstić information content (AvgIpc) is 3.61. The third-order valence-corrected chi connectivity index (χ3v) is 9.10. The summed E-state index contributed by atoms with van der Waals surface area (Å²) in [6.07, 6.45) is 7.50. The van der Waals surface area contributed by atoms with E-state index in [-0.39, 0.29) is 5.57 Å². The van der Waals surface area contributed by atoms with Crippen molar-refractivity contribution in [2.75, 3.05) is 11.5 Å². The van der Waals surface area contributed by atoms with Gasteiger partial charge in [-0.15, -0.1) is 10.2 Å². The number of ether oxygens (including phenoxy) is 1. The van der Waals surface area contributed by atoms with Gasteiger partial charge in [-0.1, -0.05) is 128 Å². The molecule has 220 valence electrons. The molecule has 0 bridgehead atoms. The zero-order valence-electron chi connectivity index (χ0n) is 23.9. The topological polar surface area (TPSA) is 92.6 Å². The van der Waals surface area contributed by atoms with Gasteiger partial charge in [0, 0.05) is 5.75 Å². The van der Waals surface area contributed by atoms with E-state index in [1.807, 2.05) is 84.9 Å². The molecule has 1 unspecified atom stereocenters. The summed E-state index contributed by atoms with van der Waals surface area (Å²) in [7, 11) is 0. The van der Waals surface area contributed by atoms with E-state index in [2.05, 4.69) is 17.1 Å². The van der Waals surface area contributed by atoms with Gasteiger partial charge in [-0.25, -0.2) is 0 Å². The lowest BCUT2D eigenvalue weighted by Crippen LogP contribution is -2.30. The second-order valence-corrected chi connectivity index (χ2v) is 12.2. The van der Waals surface area contributed by atoms with E-state index < -0.39 is 23.5 Å². The van der Waals surface area contributed by atoms with Crippen molar-refractivity contribution < 1.29 is 19.4 Å². The molecule has 1 atom stereocenters. The van der Waals surface area contributed by atoms with Crippen LogP contribution in [0.2, 0.25) is 0 Å². The van der Waals surface area contributed by atoms with Crippen molar-refractivity contribution >= 4 is 46.0 Å². The standard InChI is InChI=1S/C34H33N3O4S2/c1-2-3-4-11-22-41-27-19-17-26(18-20-27)30-29(28(38)21-16-24-12-7-5-8-13-24)31(39)32(40)37(30)33-35-36-34(43-33)42-23-25-14-9-6-10-15-25/h5-10,12-21,30,39H,2-4,11,22-23H2,1H3. The fourth-order valence-corrected chi connectivity index (χ4v) is 6.56. The van der Waals surface area contributed by atoms with E-state index in [1.165, 1.54) is 40.5 Å². The normalized spacial score (nSPS) is 15.0. The summed E-state index contributed by atoms with van der Waals surface area (Å²) >= 11 is 2.77. The Morgan fingerprint density at radius 3 is 2.42 bits per heavy atom. The van der Waals surface area contributed by atoms with Crippen molar-refractivity contribution in [2.24, 2.45) is 0 Å². The Hall–Kier alpha value is -4.21. The van der Waals surface area contributed by atoms with Crippen molar-refractivity contribution in [1.82, 2.24) is 10.2 Å². The second-order valence-electron chi connectivity index (χ2n) is 10.1. The molecular weight excluding hydrogens is 579 g/mol. The number of aromatic nitrogens is 2. The minimum atomic E-state index is -0.876. The molecule has 1 amide bonds. The maximum atomic E-state index is 13.5. The third kappa shape index (κ3) is 7.60. The molecule has 0 spiro atoms. The number of anilines is 1. The molecule has 7 nitrogen and oxygen atoms in total. The molecular formula is C34H33N3O4S2. The van der Waals surface area contributed by atoms with Gasteiger partial charge in [-0.05, 0) is 41.3 Å². The molecule has 2 heterocycles. The van der Waals surface area contributed by atoms with Gasteiger partial charge in [-0.2, -0.15) is 0 Å². The molecule has 5 rings (SSSR count). The van der Waals surface area contributed by atoms with Gasteiger partial charge in [-0.3, -0.25) is 14.5 Å². The van der Waals surface area contributed by atoms with Crippen LogP contribution in [0.25, 0.3) is 6.08 Å². The van der Waals surface area contributed by atoms with E-state index in [4.69, 9.17) is 4.74 Å². The summed E-state index contributed by atoms with van der Waals surface area (Å²) in [5.41, 5.74) is 2.63. The number of hydrogen-bond donors (Lipinski definition) is 1. The number of carbonyl (C=O) groups excluding carboxylic acids is 2. The summed E-state index contributed by atoms with van der Waals surface area (Å²) in [6, 6.07) is 25.8. The fourth-order valence-electron chi connectivity index (χ4n) is 4.74. The minimum absolute atomic E-state index is 0.000830. The lowest BCUT2D eigenvalue weighted by atomic mass is 9.95. The number of carbonyl (C=O) groups is 2. The van der Waals surface area contributed by atoms with Crippen molar-refractivity contribution in [2.45, 2.75) is 48.7 Å². The smallest absolute Gasteiger partial charge is 0.296 e. The first-order valence-electron chi connectivity index (χ1n) is 14.3. The number of unbranched alkanes of at least 4 members (excludes halogenated alkanes) is 3.